The fourth-order valence-electron chi connectivity index (χ4n) is 3.45. The molecule has 3 amide bonds. The summed E-state index contributed by atoms with van der Waals surface area (Å²) in [4.78, 5) is 25.9. The minimum atomic E-state index is -0.132. The summed E-state index contributed by atoms with van der Waals surface area (Å²) in [6.07, 6.45) is 1.56. The lowest BCUT2D eigenvalue weighted by Gasteiger charge is -2.18. The van der Waals surface area contributed by atoms with Crippen LogP contribution in [0.2, 0.25) is 0 Å². The molecule has 1 fully saturated rings. The first kappa shape index (κ1) is 16.8. The summed E-state index contributed by atoms with van der Waals surface area (Å²) in [5, 5.41) is 8.79. The molecular formula is C18H26N4O2. The second-order valence-electron chi connectivity index (χ2n) is 6.77. The molecule has 2 aliphatic rings. The van der Waals surface area contributed by atoms with Crippen LogP contribution in [0.1, 0.15) is 37.4 Å². The summed E-state index contributed by atoms with van der Waals surface area (Å²) in [5.74, 6) is 0.571. The Morgan fingerprint density at radius 1 is 1.46 bits per heavy atom. The van der Waals surface area contributed by atoms with E-state index >= 15 is 0 Å². The molecule has 1 aromatic carbocycles. The molecule has 130 valence electrons. The van der Waals surface area contributed by atoms with Crippen LogP contribution in [0.25, 0.3) is 0 Å². The van der Waals surface area contributed by atoms with Gasteiger partial charge in [0.05, 0.1) is 12.5 Å². The van der Waals surface area contributed by atoms with Gasteiger partial charge in [-0.2, -0.15) is 0 Å². The maximum Gasteiger partial charge on any atom is 0.315 e. The van der Waals surface area contributed by atoms with Gasteiger partial charge in [-0.25, -0.2) is 4.79 Å². The van der Waals surface area contributed by atoms with Gasteiger partial charge in [0.2, 0.25) is 5.91 Å². The molecule has 6 nitrogen and oxygen atoms in total. The molecule has 0 spiro atoms. The lowest BCUT2D eigenvalue weighted by Crippen LogP contribution is -2.40. The smallest absolute Gasteiger partial charge is 0.315 e. The summed E-state index contributed by atoms with van der Waals surface area (Å²) in [7, 11) is 0. The fraction of sp³-hybridized carbons (Fsp3) is 0.556. The Morgan fingerprint density at radius 3 is 3.04 bits per heavy atom. The molecule has 1 saturated heterocycles. The average molecular weight is 330 g/mol. The summed E-state index contributed by atoms with van der Waals surface area (Å²) >= 11 is 0. The van der Waals surface area contributed by atoms with E-state index in [2.05, 4.69) is 27.8 Å². The van der Waals surface area contributed by atoms with Gasteiger partial charge in [-0.15, -0.1) is 0 Å². The molecule has 2 aliphatic heterocycles. The van der Waals surface area contributed by atoms with Crippen LogP contribution in [0.4, 0.5) is 10.5 Å². The first-order valence-corrected chi connectivity index (χ1v) is 8.74. The van der Waals surface area contributed by atoms with Gasteiger partial charge in [-0.05, 0) is 49.5 Å². The minimum Gasteiger partial charge on any atom is -0.338 e. The Labute approximate surface area is 143 Å². The van der Waals surface area contributed by atoms with Gasteiger partial charge in [-0.1, -0.05) is 19.1 Å². The number of carbonyl (C=O) groups is 2. The van der Waals surface area contributed by atoms with Crippen molar-refractivity contribution in [1.82, 2.24) is 15.5 Å². The highest BCUT2D eigenvalue weighted by atomic mass is 16.2. The molecule has 6 heteroatoms. The lowest BCUT2D eigenvalue weighted by molar-refractivity contribution is -0.115. The van der Waals surface area contributed by atoms with Gasteiger partial charge in [-0.3, -0.25) is 4.79 Å². The fourth-order valence-corrected chi connectivity index (χ4v) is 3.45. The topological polar surface area (TPSA) is 73.5 Å². The number of rotatable bonds is 5. The van der Waals surface area contributed by atoms with E-state index in [-0.39, 0.29) is 18.0 Å². The third-order valence-corrected chi connectivity index (χ3v) is 4.97. The predicted molar refractivity (Wildman–Crippen MR) is 93.9 cm³/mol. The van der Waals surface area contributed by atoms with Crippen molar-refractivity contribution in [1.29, 1.82) is 0 Å². The summed E-state index contributed by atoms with van der Waals surface area (Å²) in [5.41, 5.74) is 2.89. The molecule has 3 rings (SSSR count). The highest BCUT2D eigenvalue weighted by Gasteiger charge is 2.22. The van der Waals surface area contributed by atoms with Crippen LogP contribution >= 0.6 is 0 Å². The number of nitrogens with one attached hydrogen (secondary N) is 3. The maximum atomic E-state index is 12.1. The second kappa shape index (κ2) is 7.21. The molecular weight excluding hydrogens is 304 g/mol. The van der Waals surface area contributed by atoms with E-state index < -0.39 is 0 Å². The molecule has 0 aromatic heterocycles. The van der Waals surface area contributed by atoms with Gasteiger partial charge in [0, 0.05) is 18.8 Å². The Bertz CT molecular complexity index is 631. The highest BCUT2D eigenvalue weighted by molar-refractivity contribution is 5.99. The van der Waals surface area contributed by atoms with Crippen LogP contribution in [-0.4, -0.2) is 43.0 Å². The van der Waals surface area contributed by atoms with Gasteiger partial charge in [0.1, 0.15) is 0 Å². The maximum absolute atomic E-state index is 12.1. The Kier molecular flexibility index (Phi) is 5.04. The van der Waals surface area contributed by atoms with Crippen molar-refractivity contribution < 1.29 is 9.59 Å². The van der Waals surface area contributed by atoms with Crippen molar-refractivity contribution in [2.45, 2.75) is 32.7 Å². The molecule has 1 aromatic rings. The van der Waals surface area contributed by atoms with Crippen LogP contribution < -0.4 is 16.0 Å². The monoisotopic (exact) mass is 330 g/mol. The zero-order chi connectivity index (χ0) is 17.1. The Morgan fingerprint density at radius 2 is 2.29 bits per heavy atom. The van der Waals surface area contributed by atoms with E-state index in [9.17, 15) is 9.59 Å². The number of hydrogen-bond donors (Lipinski definition) is 3. The molecule has 2 atom stereocenters. The number of fused-ring (bicyclic) bond motifs is 1. The molecule has 0 unspecified atom stereocenters. The van der Waals surface area contributed by atoms with E-state index in [0.29, 0.717) is 12.3 Å². The van der Waals surface area contributed by atoms with E-state index in [1.807, 2.05) is 25.1 Å². The van der Waals surface area contributed by atoms with Crippen LogP contribution in [0.3, 0.4) is 0 Å². The van der Waals surface area contributed by atoms with Crippen LogP contribution in [0, 0.1) is 5.92 Å². The largest absolute Gasteiger partial charge is 0.338 e. The lowest BCUT2D eigenvalue weighted by atomic mass is 10.0. The SMILES string of the molecule is CCN1CC[C@@H](CNC(=O)N[C@H](C)c2ccc3c(c2)CC(=O)N3)C1. The van der Waals surface area contributed by atoms with Gasteiger partial charge >= 0.3 is 6.03 Å². The van der Waals surface area contributed by atoms with Crippen molar-refractivity contribution in [3.63, 3.8) is 0 Å². The van der Waals surface area contributed by atoms with E-state index in [0.717, 1.165) is 49.4 Å². The predicted octanol–water partition coefficient (Wildman–Crippen LogP) is 1.88. The summed E-state index contributed by atoms with van der Waals surface area (Å²) in [6.45, 7) is 8.12. The zero-order valence-electron chi connectivity index (χ0n) is 14.4. The normalized spacial score (nSPS) is 21.2. The molecule has 2 heterocycles. The van der Waals surface area contributed by atoms with Crippen molar-refractivity contribution >= 4 is 17.6 Å². The number of benzene rings is 1. The first-order chi connectivity index (χ1) is 11.5. The quantitative estimate of drug-likeness (QED) is 0.772. The van der Waals surface area contributed by atoms with Gasteiger partial charge in [0.25, 0.3) is 0 Å². The molecule has 0 aliphatic carbocycles. The van der Waals surface area contributed by atoms with Crippen molar-refractivity contribution in [3.8, 4) is 0 Å². The second-order valence-corrected chi connectivity index (χ2v) is 6.77. The van der Waals surface area contributed by atoms with Crippen molar-refractivity contribution in [3.05, 3.63) is 29.3 Å². The van der Waals surface area contributed by atoms with E-state index in [4.69, 9.17) is 0 Å². The van der Waals surface area contributed by atoms with E-state index in [1.54, 1.807) is 0 Å². The number of amides is 3. The zero-order valence-corrected chi connectivity index (χ0v) is 14.4. The molecule has 0 saturated carbocycles. The number of nitrogens with zero attached hydrogens (tertiary/aromatic N) is 1. The molecule has 3 N–H and O–H groups in total. The third kappa shape index (κ3) is 3.87. The van der Waals surface area contributed by atoms with Gasteiger partial charge < -0.3 is 20.9 Å². The number of anilines is 1. The van der Waals surface area contributed by atoms with Crippen LogP contribution in [0.15, 0.2) is 18.2 Å². The summed E-state index contributed by atoms with van der Waals surface area (Å²) < 4.78 is 0. The number of carbonyl (C=O) groups excluding carboxylic acids is 2. The summed E-state index contributed by atoms with van der Waals surface area (Å²) in [6, 6.07) is 5.62. The van der Waals surface area contributed by atoms with Crippen molar-refractivity contribution in [2.75, 3.05) is 31.5 Å². The Hall–Kier alpha value is -2.08. The minimum absolute atomic E-state index is 0.0261. The Balaban J connectivity index is 1.48. The molecule has 0 bridgehead atoms. The first-order valence-electron chi connectivity index (χ1n) is 8.74. The number of hydrogen-bond acceptors (Lipinski definition) is 3. The van der Waals surface area contributed by atoms with Gasteiger partial charge in [0.15, 0.2) is 0 Å². The third-order valence-electron chi connectivity index (χ3n) is 4.97. The molecule has 24 heavy (non-hydrogen) atoms. The average Bonchev–Trinajstić information content (AvgIpc) is 3.16. The molecule has 0 radical (unpaired) electrons. The van der Waals surface area contributed by atoms with Crippen molar-refractivity contribution in [2.24, 2.45) is 5.92 Å². The standard InChI is InChI=1S/C18H26N4O2/c1-3-22-7-6-13(11-22)10-19-18(24)20-12(2)14-4-5-16-15(8-14)9-17(23)21-16/h4-5,8,12-13H,3,6-7,9-11H2,1-2H3,(H,21,23)(H2,19,20,24)/t12-,13+/m1/s1. The highest BCUT2D eigenvalue weighted by Crippen LogP contribution is 2.26. The number of likely N-dealkylation sites (tertiary alicyclic amines) is 1. The van der Waals surface area contributed by atoms with E-state index in [1.165, 1.54) is 0 Å². The van der Waals surface area contributed by atoms with Crippen LogP contribution in [-0.2, 0) is 11.2 Å². The number of urea groups is 1. The van der Waals surface area contributed by atoms with Crippen LogP contribution in [0.5, 0.6) is 0 Å².